The van der Waals surface area contributed by atoms with E-state index in [4.69, 9.17) is 21.7 Å². The van der Waals surface area contributed by atoms with Gasteiger partial charge in [0.2, 0.25) is 0 Å². The predicted molar refractivity (Wildman–Crippen MR) is 85.7 cm³/mol. The fourth-order valence-electron chi connectivity index (χ4n) is 1.50. The highest BCUT2D eigenvalue weighted by atomic mass is 32.1. The highest BCUT2D eigenvalue weighted by Crippen LogP contribution is 2.24. The first-order chi connectivity index (χ1) is 9.62. The minimum Gasteiger partial charge on any atom is -0.497 e. The normalized spacial score (nSPS) is 10.7. The third kappa shape index (κ3) is 4.55. The van der Waals surface area contributed by atoms with E-state index in [1.807, 2.05) is 25.1 Å². The number of benzene rings is 1. The van der Waals surface area contributed by atoms with Crippen LogP contribution < -0.4 is 20.2 Å². The van der Waals surface area contributed by atoms with Crippen LogP contribution in [0.1, 0.15) is 12.5 Å². The standard InChI is InChI=1S/C14H19N3O2S/c1-5-8-15-14(20)17-16-10(2)12-7-6-11(18-3)9-13(12)19-4/h5-7,9H,1,8H2,2-4H3,(H2,15,17,20)/b16-10-. The van der Waals surface area contributed by atoms with Gasteiger partial charge in [-0.3, -0.25) is 5.43 Å². The summed E-state index contributed by atoms with van der Waals surface area (Å²) in [6.45, 7) is 6.06. The molecule has 1 aromatic carbocycles. The van der Waals surface area contributed by atoms with Gasteiger partial charge in [0.25, 0.3) is 0 Å². The van der Waals surface area contributed by atoms with Crippen LogP contribution in [0.3, 0.4) is 0 Å². The van der Waals surface area contributed by atoms with Crippen LogP contribution in [0.15, 0.2) is 36.0 Å². The first-order valence-corrected chi connectivity index (χ1v) is 6.44. The summed E-state index contributed by atoms with van der Waals surface area (Å²) in [5.74, 6) is 1.42. The lowest BCUT2D eigenvalue weighted by Gasteiger charge is -2.11. The van der Waals surface area contributed by atoms with Crippen molar-refractivity contribution in [3.63, 3.8) is 0 Å². The van der Waals surface area contributed by atoms with E-state index in [1.165, 1.54) is 0 Å². The van der Waals surface area contributed by atoms with Gasteiger partial charge in [-0.15, -0.1) is 6.58 Å². The average molecular weight is 293 g/mol. The molecule has 2 N–H and O–H groups in total. The fourth-order valence-corrected chi connectivity index (χ4v) is 1.63. The molecule has 0 radical (unpaired) electrons. The molecule has 0 aliphatic heterocycles. The van der Waals surface area contributed by atoms with Crippen molar-refractivity contribution >= 4 is 23.0 Å². The first kappa shape index (κ1) is 16.0. The quantitative estimate of drug-likeness (QED) is 0.364. The summed E-state index contributed by atoms with van der Waals surface area (Å²) < 4.78 is 10.5. The lowest BCUT2D eigenvalue weighted by Crippen LogP contribution is -2.32. The van der Waals surface area contributed by atoms with E-state index < -0.39 is 0 Å². The number of hydrazone groups is 1. The van der Waals surface area contributed by atoms with Crippen molar-refractivity contribution in [1.82, 2.24) is 10.7 Å². The topological polar surface area (TPSA) is 54.9 Å². The number of hydrogen-bond acceptors (Lipinski definition) is 4. The van der Waals surface area contributed by atoms with Crippen LogP contribution in [0.5, 0.6) is 11.5 Å². The zero-order valence-electron chi connectivity index (χ0n) is 11.9. The molecule has 6 heteroatoms. The van der Waals surface area contributed by atoms with Gasteiger partial charge < -0.3 is 14.8 Å². The number of rotatable bonds is 6. The van der Waals surface area contributed by atoms with Gasteiger partial charge in [0.05, 0.1) is 19.9 Å². The Morgan fingerprint density at radius 1 is 1.40 bits per heavy atom. The second-order valence-corrected chi connectivity index (χ2v) is 4.28. The molecule has 0 atom stereocenters. The second-order valence-electron chi connectivity index (χ2n) is 3.87. The summed E-state index contributed by atoms with van der Waals surface area (Å²) in [5, 5.41) is 7.59. The van der Waals surface area contributed by atoms with E-state index in [1.54, 1.807) is 20.3 Å². The largest absolute Gasteiger partial charge is 0.497 e. The van der Waals surface area contributed by atoms with Crippen molar-refractivity contribution in [3.05, 3.63) is 36.4 Å². The van der Waals surface area contributed by atoms with Crippen molar-refractivity contribution in [2.45, 2.75) is 6.92 Å². The number of nitrogens with zero attached hydrogens (tertiary/aromatic N) is 1. The smallest absolute Gasteiger partial charge is 0.187 e. The van der Waals surface area contributed by atoms with Crippen LogP contribution in [0.25, 0.3) is 0 Å². The molecular weight excluding hydrogens is 274 g/mol. The highest BCUT2D eigenvalue weighted by Gasteiger charge is 2.08. The molecule has 0 spiro atoms. The van der Waals surface area contributed by atoms with Crippen molar-refractivity contribution in [2.75, 3.05) is 20.8 Å². The molecule has 0 heterocycles. The minimum absolute atomic E-state index is 0.441. The molecule has 0 unspecified atom stereocenters. The van der Waals surface area contributed by atoms with Crippen LogP contribution in [-0.2, 0) is 0 Å². The summed E-state index contributed by atoms with van der Waals surface area (Å²) in [7, 11) is 3.22. The Bertz CT molecular complexity index is 515. The van der Waals surface area contributed by atoms with Crippen molar-refractivity contribution in [3.8, 4) is 11.5 Å². The maximum absolute atomic E-state index is 5.33. The van der Waals surface area contributed by atoms with Crippen LogP contribution in [-0.4, -0.2) is 31.6 Å². The SMILES string of the molecule is C=CCNC(=S)N/N=C(/C)c1ccc(OC)cc1OC. The number of nitrogens with one attached hydrogen (secondary N) is 2. The van der Waals surface area contributed by atoms with E-state index in [-0.39, 0.29) is 0 Å². The number of ether oxygens (including phenoxy) is 2. The molecule has 108 valence electrons. The van der Waals surface area contributed by atoms with E-state index >= 15 is 0 Å². The molecule has 1 rings (SSSR count). The van der Waals surface area contributed by atoms with Gasteiger partial charge in [-0.05, 0) is 31.3 Å². The Labute approximate surface area is 124 Å². The molecule has 0 saturated heterocycles. The lowest BCUT2D eigenvalue weighted by molar-refractivity contribution is 0.394. The zero-order valence-corrected chi connectivity index (χ0v) is 12.7. The summed E-state index contributed by atoms with van der Waals surface area (Å²) in [4.78, 5) is 0. The predicted octanol–water partition coefficient (Wildman–Crippen LogP) is 2.08. The van der Waals surface area contributed by atoms with Crippen LogP contribution >= 0.6 is 12.2 Å². The Morgan fingerprint density at radius 2 is 2.15 bits per heavy atom. The Kier molecular flexibility index (Phi) is 6.52. The third-order valence-electron chi connectivity index (χ3n) is 2.53. The average Bonchev–Trinajstić information content (AvgIpc) is 2.49. The third-order valence-corrected chi connectivity index (χ3v) is 2.77. The maximum Gasteiger partial charge on any atom is 0.187 e. The Morgan fingerprint density at radius 3 is 2.75 bits per heavy atom. The molecule has 5 nitrogen and oxygen atoms in total. The van der Waals surface area contributed by atoms with E-state index in [2.05, 4.69) is 22.4 Å². The van der Waals surface area contributed by atoms with Crippen LogP contribution in [0, 0.1) is 0 Å². The Hall–Kier alpha value is -2.08. The maximum atomic E-state index is 5.33. The molecular formula is C14H19N3O2S. The molecule has 0 aromatic heterocycles. The second kappa shape index (κ2) is 8.16. The van der Waals surface area contributed by atoms with Crippen LogP contribution in [0.2, 0.25) is 0 Å². The monoisotopic (exact) mass is 293 g/mol. The highest BCUT2D eigenvalue weighted by molar-refractivity contribution is 7.80. The molecule has 0 bridgehead atoms. The van der Waals surface area contributed by atoms with Gasteiger partial charge in [-0.25, -0.2) is 0 Å². The summed E-state index contributed by atoms with van der Waals surface area (Å²) in [6.07, 6.45) is 1.72. The number of thiocarbonyl (C=S) groups is 1. The molecule has 0 aliphatic carbocycles. The molecule has 0 saturated carbocycles. The number of hydrogen-bond donors (Lipinski definition) is 2. The van der Waals surface area contributed by atoms with Crippen molar-refractivity contribution < 1.29 is 9.47 Å². The fraction of sp³-hybridized carbons (Fsp3) is 0.286. The minimum atomic E-state index is 0.441. The van der Waals surface area contributed by atoms with Gasteiger partial charge in [0.1, 0.15) is 11.5 Å². The zero-order chi connectivity index (χ0) is 15.0. The first-order valence-electron chi connectivity index (χ1n) is 6.03. The summed E-state index contributed by atoms with van der Waals surface area (Å²) in [5.41, 5.74) is 4.39. The van der Waals surface area contributed by atoms with Crippen molar-refractivity contribution in [2.24, 2.45) is 5.10 Å². The summed E-state index contributed by atoms with van der Waals surface area (Å²) >= 11 is 5.06. The molecule has 1 aromatic rings. The lowest BCUT2D eigenvalue weighted by atomic mass is 10.1. The Balaban J connectivity index is 2.82. The van der Waals surface area contributed by atoms with E-state index in [0.29, 0.717) is 17.4 Å². The summed E-state index contributed by atoms with van der Waals surface area (Å²) in [6, 6.07) is 5.55. The van der Waals surface area contributed by atoms with Gasteiger partial charge in [0.15, 0.2) is 5.11 Å². The molecule has 0 amide bonds. The molecule has 0 fully saturated rings. The molecule has 20 heavy (non-hydrogen) atoms. The van der Waals surface area contributed by atoms with Gasteiger partial charge in [-0.1, -0.05) is 6.08 Å². The van der Waals surface area contributed by atoms with Crippen molar-refractivity contribution in [1.29, 1.82) is 0 Å². The van der Waals surface area contributed by atoms with Crippen LogP contribution in [0.4, 0.5) is 0 Å². The van der Waals surface area contributed by atoms with E-state index in [9.17, 15) is 0 Å². The van der Waals surface area contributed by atoms with E-state index in [0.717, 1.165) is 17.0 Å². The van der Waals surface area contributed by atoms with Gasteiger partial charge >= 0.3 is 0 Å². The number of methoxy groups -OCH3 is 2. The van der Waals surface area contributed by atoms with Gasteiger partial charge in [-0.2, -0.15) is 5.10 Å². The molecule has 0 aliphatic rings. The van der Waals surface area contributed by atoms with Gasteiger partial charge in [0, 0.05) is 18.2 Å².